The summed E-state index contributed by atoms with van der Waals surface area (Å²) in [5.74, 6) is -1.22. The third kappa shape index (κ3) is 8.25. The average Bonchev–Trinajstić information content (AvgIpc) is 2.46. The fourth-order valence-electron chi connectivity index (χ4n) is 1.51. The van der Waals surface area contributed by atoms with Crippen molar-refractivity contribution >= 4 is 20.3 Å². The summed E-state index contributed by atoms with van der Waals surface area (Å²) in [5.41, 5.74) is 0.740. The molecule has 0 radical (unpaired) electrons. The number of hydrogen-bond acceptors (Lipinski definition) is 7. The van der Waals surface area contributed by atoms with Crippen molar-refractivity contribution in [1.82, 2.24) is 0 Å². The minimum atomic E-state index is -2.64. The summed E-state index contributed by atoms with van der Waals surface area (Å²) >= 11 is 0. The van der Waals surface area contributed by atoms with Crippen molar-refractivity contribution in [2.75, 3.05) is 6.79 Å². The first kappa shape index (κ1) is 19.0. The van der Waals surface area contributed by atoms with Crippen LogP contribution in [0.3, 0.4) is 0 Å². The van der Waals surface area contributed by atoms with Gasteiger partial charge in [0.15, 0.2) is 6.04 Å². The van der Waals surface area contributed by atoms with Crippen molar-refractivity contribution in [2.24, 2.45) is 4.74 Å². The monoisotopic (exact) mass is 343 g/mol. The molecular weight excluding hydrogens is 325 g/mol. The minimum absolute atomic E-state index is 0.0802. The highest BCUT2D eigenvalue weighted by atomic mass is 31.1. The zero-order chi connectivity index (χ0) is 17.2. The van der Waals surface area contributed by atoms with E-state index in [0.29, 0.717) is 0 Å². The first-order valence-electron chi connectivity index (χ1n) is 6.79. The van der Waals surface area contributed by atoms with E-state index in [1.54, 1.807) is 44.2 Å². The average molecular weight is 343 g/mol. The molecule has 1 rings (SSSR count). The Balaban J connectivity index is 2.51. The summed E-state index contributed by atoms with van der Waals surface area (Å²) in [4.78, 5) is 33.8. The first-order valence-corrected chi connectivity index (χ1v) is 7.92. The molecule has 126 valence electrons. The largest absolute Gasteiger partial charge is 0.583 e. The molecule has 0 aliphatic heterocycles. The number of carbonyl (C=O) groups is 2. The van der Waals surface area contributed by atoms with E-state index >= 15 is 0 Å². The van der Waals surface area contributed by atoms with Gasteiger partial charge in [-0.1, -0.05) is 35.1 Å². The maximum atomic E-state index is 11.6. The molecule has 0 saturated heterocycles. The van der Waals surface area contributed by atoms with Crippen LogP contribution in [0.5, 0.6) is 0 Å². The lowest BCUT2D eigenvalue weighted by Crippen LogP contribution is -2.21. The van der Waals surface area contributed by atoms with Crippen molar-refractivity contribution in [3.05, 3.63) is 35.9 Å². The standard InChI is InChI=1S/C14H18NO7P/c1-10(2)22-14(18)20-9-21-23(19)15-12(13(16)17)8-11-6-4-3-5-7-11/h3-7,10,12H,8-9H2,1-2H3,(H,16,17). The van der Waals surface area contributed by atoms with Gasteiger partial charge < -0.3 is 19.5 Å². The number of carboxylic acid groups (broad SMARTS) is 1. The normalized spacial score (nSPS) is 12.8. The topological polar surface area (TPSA) is 117 Å². The Labute approximate surface area is 134 Å². The van der Waals surface area contributed by atoms with Gasteiger partial charge in [0.25, 0.3) is 0 Å². The number of ether oxygens (including phenoxy) is 2. The highest BCUT2D eigenvalue weighted by Crippen LogP contribution is 2.20. The van der Waals surface area contributed by atoms with Crippen LogP contribution in [0, 0.1) is 0 Å². The van der Waals surface area contributed by atoms with E-state index < -0.39 is 33.1 Å². The van der Waals surface area contributed by atoms with Crippen molar-refractivity contribution in [1.29, 1.82) is 0 Å². The van der Waals surface area contributed by atoms with Crippen LogP contribution in [0.1, 0.15) is 19.4 Å². The fraction of sp³-hybridized carbons (Fsp3) is 0.429. The molecule has 0 aliphatic rings. The van der Waals surface area contributed by atoms with Gasteiger partial charge in [0.05, 0.1) is 6.10 Å². The van der Waals surface area contributed by atoms with Crippen LogP contribution >= 0.6 is 8.17 Å². The molecule has 0 fully saturated rings. The van der Waals surface area contributed by atoms with Gasteiger partial charge >= 0.3 is 20.3 Å². The summed E-state index contributed by atoms with van der Waals surface area (Å²) < 4.78 is 17.4. The van der Waals surface area contributed by atoms with E-state index in [0.717, 1.165) is 5.56 Å². The molecule has 23 heavy (non-hydrogen) atoms. The second-order valence-corrected chi connectivity index (χ2v) is 5.67. The molecule has 1 aromatic carbocycles. The molecule has 0 spiro atoms. The molecule has 0 aromatic heterocycles. The van der Waals surface area contributed by atoms with Gasteiger partial charge in [-0.25, -0.2) is 9.59 Å². The van der Waals surface area contributed by atoms with Gasteiger partial charge in [0.1, 0.15) is 0 Å². The number of benzene rings is 1. The Morgan fingerprint density at radius 3 is 2.52 bits per heavy atom. The highest BCUT2D eigenvalue weighted by Gasteiger charge is 2.22. The van der Waals surface area contributed by atoms with E-state index in [2.05, 4.69) is 18.7 Å². The van der Waals surface area contributed by atoms with Crippen LogP contribution in [-0.2, 0) is 25.2 Å². The van der Waals surface area contributed by atoms with Crippen molar-refractivity contribution in [2.45, 2.75) is 32.4 Å². The molecule has 0 saturated carbocycles. The van der Waals surface area contributed by atoms with E-state index in [9.17, 15) is 14.5 Å². The lowest BCUT2D eigenvalue weighted by atomic mass is 10.1. The van der Waals surface area contributed by atoms with Gasteiger partial charge in [-0.15, -0.1) is 4.52 Å². The molecule has 1 aromatic rings. The molecule has 0 aliphatic carbocycles. The van der Waals surface area contributed by atoms with Gasteiger partial charge in [-0.2, -0.15) is 0 Å². The SMILES string of the molecule is CC(C)OC(=O)OCO[P+]([O-])=NC(Cc1ccccc1)C(=O)O. The van der Waals surface area contributed by atoms with E-state index in [4.69, 9.17) is 5.11 Å². The predicted octanol–water partition coefficient (Wildman–Crippen LogP) is 2.07. The third-order valence-corrected chi connectivity index (χ3v) is 3.26. The lowest BCUT2D eigenvalue weighted by Gasteiger charge is -2.07. The van der Waals surface area contributed by atoms with Crippen LogP contribution in [0.25, 0.3) is 0 Å². The second-order valence-electron chi connectivity index (χ2n) is 4.70. The predicted molar refractivity (Wildman–Crippen MR) is 79.6 cm³/mol. The lowest BCUT2D eigenvalue weighted by molar-refractivity contribution is -0.181. The Bertz CT molecular complexity index is 547. The summed E-state index contributed by atoms with van der Waals surface area (Å²) in [6.45, 7) is 2.64. The van der Waals surface area contributed by atoms with E-state index in [-0.39, 0.29) is 12.5 Å². The smallest absolute Gasteiger partial charge is 0.510 e. The van der Waals surface area contributed by atoms with Crippen molar-refractivity contribution in [3.63, 3.8) is 0 Å². The van der Waals surface area contributed by atoms with Crippen LogP contribution in [-0.4, -0.2) is 36.2 Å². The van der Waals surface area contributed by atoms with Gasteiger partial charge in [-0.05, 0) is 19.4 Å². The summed E-state index contributed by atoms with van der Waals surface area (Å²) in [6, 6.07) is 7.59. The zero-order valence-corrected chi connectivity index (χ0v) is 13.6. The van der Waals surface area contributed by atoms with Gasteiger partial charge in [0.2, 0.25) is 6.79 Å². The molecular formula is C14H18NO7P. The summed E-state index contributed by atoms with van der Waals surface area (Å²) in [6.07, 6.45) is -1.25. The molecule has 1 N–H and O–H groups in total. The molecule has 0 heterocycles. The number of nitrogens with zero attached hydrogens (tertiary/aromatic N) is 1. The van der Waals surface area contributed by atoms with Crippen LogP contribution in [0.15, 0.2) is 35.1 Å². The number of aliphatic carboxylic acids is 1. The fourth-order valence-corrected chi connectivity index (χ4v) is 2.13. The summed E-state index contributed by atoms with van der Waals surface area (Å²) in [7, 11) is -2.64. The Morgan fingerprint density at radius 2 is 1.96 bits per heavy atom. The van der Waals surface area contributed by atoms with Crippen LogP contribution in [0.2, 0.25) is 0 Å². The van der Waals surface area contributed by atoms with E-state index in [1.807, 2.05) is 0 Å². The van der Waals surface area contributed by atoms with Crippen LogP contribution in [0.4, 0.5) is 4.79 Å². The molecule has 9 heteroatoms. The molecule has 8 nitrogen and oxygen atoms in total. The molecule has 0 bridgehead atoms. The number of carboxylic acids is 1. The van der Waals surface area contributed by atoms with E-state index in [1.165, 1.54) is 0 Å². The number of carbonyl (C=O) groups excluding carboxylic acids is 1. The maximum Gasteiger partial charge on any atom is 0.510 e. The third-order valence-electron chi connectivity index (χ3n) is 2.46. The highest BCUT2D eigenvalue weighted by molar-refractivity contribution is 7.33. The minimum Gasteiger partial charge on any atom is -0.583 e. The Hall–Kier alpha value is -2.02. The Morgan fingerprint density at radius 1 is 1.30 bits per heavy atom. The molecule has 0 amide bonds. The van der Waals surface area contributed by atoms with Gasteiger partial charge in [0, 0.05) is 6.42 Å². The summed E-state index contributed by atoms with van der Waals surface area (Å²) in [5, 5.41) is 9.11. The molecule has 2 atom stereocenters. The molecule has 2 unspecified atom stereocenters. The first-order chi connectivity index (χ1) is 10.9. The van der Waals surface area contributed by atoms with Crippen molar-refractivity contribution in [3.8, 4) is 0 Å². The number of hydrogen-bond donors (Lipinski definition) is 1. The Kier molecular flexibility index (Phi) is 8.18. The number of rotatable bonds is 8. The zero-order valence-electron chi connectivity index (χ0n) is 12.7. The van der Waals surface area contributed by atoms with Gasteiger partial charge in [-0.3, -0.25) is 0 Å². The van der Waals surface area contributed by atoms with Crippen LogP contribution < -0.4 is 4.89 Å². The van der Waals surface area contributed by atoms with Crippen molar-refractivity contribution < 1.29 is 33.6 Å². The second kappa shape index (κ2) is 9.89. The maximum absolute atomic E-state index is 11.6. The quantitative estimate of drug-likeness (QED) is 0.436.